The third kappa shape index (κ3) is 2.53. The Bertz CT molecular complexity index is 366. The van der Waals surface area contributed by atoms with Gasteiger partial charge in [-0.2, -0.15) is 0 Å². The average Bonchev–Trinajstić information content (AvgIpc) is 2.21. The van der Waals surface area contributed by atoms with E-state index in [0.717, 1.165) is 0 Å². The molecule has 0 bridgehead atoms. The molecule has 15 heavy (non-hydrogen) atoms. The monoisotopic (exact) mass is 274 g/mol. The molecule has 0 amide bonds. The summed E-state index contributed by atoms with van der Waals surface area (Å²) < 4.78 is 0.388. The first-order valence-electron chi connectivity index (χ1n) is 4.35. The van der Waals surface area contributed by atoms with Crippen LogP contribution in [0, 0.1) is 10.1 Å². The molecular formula is C9H11BrN2O3. The molecule has 0 saturated carbocycles. The predicted molar refractivity (Wildman–Crippen MR) is 59.7 cm³/mol. The SMILES string of the molecule is NCC(CO)c1cccc([N+](=O)[O-])c1Br. The lowest BCUT2D eigenvalue weighted by atomic mass is 10.00. The summed E-state index contributed by atoms with van der Waals surface area (Å²) in [6.45, 7) is 0.118. The van der Waals surface area contributed by atoms with E-state index in [-0.39, 0.29) is 24.8 Å². The van der Waals surface area contributed by atoms with E-state index in [0.29, 0.717) is 10.0 Å². The van der Waals surface area contributed by atoms with Gasteiger partial charge in [-0.3, -0.25) is 10.1 Å². The molecule has 0 aromatic heterocycles. The number of hydrogen-bond donors (Lipinski definition) is 2. The van der Waals surface area contributed by atoms with Crippen LogP contribution in [0.5, 0.6) is 0 Å². The summed E-state index contributed by atoms with van der Waals surface area (Å²) in [4.78, 5) is 10.2. The number of nitrogens with zero attached hydrogens (tertiary/aromatic N) is 1. The van der Waals surface area contributed by atoms with E-state index in [1.54, 1.807) is 12.1 Å². The number of nitrogens with two attached hydrogens (primary N) is 1. The lowest BCUT2D eigenvalue weighted by Crippen LogP contribution is -2.16. The summed E-state index contributed by atoms with van der Waals surface area (Å²) in [5, 5.41) is 19.7. The number of hydrogen-bond acceptors (Lipinski definition) is 4. The number of aliphatic hydroxyl groups excluding tert-OH is 1. The van der Waals surface area contributed by atoms with Gasteiger partial charge in [-0.05, 0) is 21.5 Å². The van der Waals surface area contributed by atoms with Gasteiger partial charge in [-0.25, -0.2) is 0 Å². The van der Waals surface area contributed by atoms with Crippen LogP contribution in [-0.4, -0.2) is 23.2 Å². The van der Waals surface area contributed by atoms with E-state index < -0.39 is 4.92 Å². The van der Waals surface area contributed by atoms with Crippen LogP contribution in [0.25, 0.3) is 0 Å². The molecule has 0 heterocycles. The van der Waals surface area contributed by atoms with Crippen LogP contribution in [0.1, 0.15) is 11.5 Å². The van der Waals surface area contributed by atoms with Crippen LogP contribution in [0.15, 0.2) is 22.7 Å². The third-order valence-corrected chi connectivity index (χ3v) is 3.01. The molecule has 1 aromatic rings. The van der Waals surface area contributed by atoms with Crippen molar-refractivity contribution < 1.29 is 10.0 Å². The van der Waals surface area contributed by atoms with Crippen LogP contribution >= 0.6 is 15.9 Å². The van der Waals surface area contributed by atoms with Crippen molar-refractivity contribution >= 4 is 21.6 Å². The van der Waals surface area contributed by atoms with Gasteiger partial charge in [0, 0.05) is 18.5 Å². The highest BCUT2D eigenvalue weighted by Crippen LogP contribution is 2.32. The molecule has 1 rings (SSSR count). The minimum absolute atomic E-state index is 0.0144. The summed E-state index contributed by atoms with van der Waals surface area (Å²) in [6, 6.07) is 4.69. The fraction of sp³-hybridized carbons (Fsp3) is 0.333. The second-order valence-corrected chi connectivity index (χ2v) is 3.85. The Morgan fingerprint density at radius 1 is 1.60 bits per heavy atom. The molecule has 1 unspecified atom stereocenters. The Hall–Kier alpha value is -0.980. The minimum atomic E-state index is -0.474. The maximum atomic E-state index is 10.7. The summed E-state index contributed by atoms with van der Waals surface area (Å²) in [6.07, 6.45) is 0. The molecule has 0 aliphatic rings. The second kappa shape index (κ2) is 5.20. The van der Waals surface area contributed by atoms with Crippen LogP contribution in [0.2, 0.25) is 0 Å². The van der Waals surface area contributed by atoms with Crippen molar-refractivity contribution in [2.45, 2.75) is 5.92 Å². The van der Waals surface area contributed by atoms with E-state index in [9.17, 15) is 10.1 Å². The summed E-state index contributed by atoms with van der Waals surface area (Å²) >= 11 is 3.16. The van der Waals surface area contributed by atoms with E-state index in [4.69, 9.17) is 10.8 Å². The van der Waals surface area contributed by atoms with Crippen molar-refractivity contribution in [2.24, 2.45) is 5.73 Å². The summed E-state index contributed by atoms with van der Waals surface area (Å²) in [5.41, 5.74) is 6.11. The summed E-state index contributed by atoms with van der Waals surface area (Å²) in [7, 11) is 0. The Morgan fingerprint density at radius 2 is 2.27 bits per heavy atom. The largest absolute Gasteiger partial charge is 0.396 e. The molecule has 0 fully saturated rings. The van der Waals surface area contributed by atoms with Gasteiger partial charge in [-0.15, -0.1) is 0 Å². The van der Waals surface area contributed by atoms with Gasteiger partial charge in [-0.1, -0.05) is 12.1 Å². The first-order chi connectivity index (χ1) is 7.11. The molecule has 0 aliphatic heterocycles. The van der Waals surface area contributed by atoms with E-state index >= 15 is 0 Å². The second-order valence-electron chi connectivity index (χ2n) is 3.05. The predicted octanol–water partition coefficient (Wildman–Crippen LogP) is 1.39. The average molecular weight is 275 g/mol. The van der Waals surface area contributed by atoms with Gasteiger partial charge >= 0.3 is 0 Å². The fourth-order valence-electron chi connectivity index (χ4n) is 1.29. The highest BCUT2D eigenvalue weighted by molar-refractivity contribution is 9.10. The Labute approximate surface area is 95.2 Å². The molecule has 0 spiro atoms. The molecule has 1 atom stereocenters. The van der Waals surface area contributed by atoms with Crippen LogP contribution in [0.3, 0.4) is 0 Å². The van der Waals surface area contributed by atoms with Gasteiger partial charge in [0.05, 0.1) is 16.0 Å². The molecular weight excluding hydrogens is 264 g/mol. The van der Waals surface area contributed by atoms with Crippen molar-refractivity contribution in [3.8, 4) is 0 Å². The topological polar surface area (TPSA) is 89.4 Å². The van der Waals surface area contributed by atoms with Crippen molar-refractivity contribution in [3.05, 3.63) is 38.3 Å². The Balaban J connectivity index is 3.19. The molecule has 6 heteroatoms. The van der Waals surface area contributed by atoms with Crippen molar-refractivity contribution in [1.82, 2.24) is 0 Å². The van der Waals surface area contributed by atoms with Gasteiger partial charge in [0.2, 0.25) is 0 Å². The molecule has 0 aliphatic carbocycles. The van der Waals surface area contributed by atoms with Crippen LogP contribution in [-0.2, 0) is 0 Å². The first kappa shape index (κ1) is 12.1. The van der Waals surface area contributed by atoms with Gasteiger partial charge in [0.15, 0.2) is 0 Å². The number of nitro groups is 1. The first-order valence-corrected chi connectivity index (χ1v) is 5.14. The fourth-order valence-corrected chi connectivity index (χ4v) is 2.03. The maximum absolute atomic E-state index is 10.7. The lowest BCUT2D eigenvalue weighted by molar-refractivity contribution is -0.385. The standard InChI is InChI=1S/C9H11BrN2O3/c10-9-7(6(4-11)5-13)2-1-3-8(9)12(14)15/h1-3,6,13H,4-5,11H2. The van der Waals surface area contributed by atoms with Gasteiger partial charge in [0.1, 0.15) is 0 Å². The number of rotatable bonds is 4. The molecule has 5 nitrogen and oxygen atoms in total. The van der Waals surface area contributed by atoms with E-state index in [1.807, 2.05) is 0 Å². The van der Waals surface area contributed by atoms with Crippen molar-refractivity contribution in [1.29, 1.82) is 0 Å². The zero-order valence-corrected chi connectivity index (χ0v) is 9.48. The number of nitro benzene ring substituents is 1. The zero-order valence-electron chi connectivity index (χ0n) is 7.89. The molecule has 3 N–H and O–H groups in total. The quantitative estimate of drug-likeness (QED) is 0.642. The third-order valence-electron chi connectivity index (χ3n) is 2.15. The number of halogens is 1. The Morgan fingerprint density at radius 3 is 2.73 bits per heavy atom. The highest BCUT2D eigenvalue weighted by Gasteiger charge is 2.19. The molecule has 1 aromatic carbocycles. The zero-order chi connectivity index (χ0) is 11.4. The lowest BCUT2D eigenvalue weighted by Gasteiger charge is -2.13. The van der Waals surface area contributed by atoms with Gasteiger partial charge in [0.25, 0.3) is 5.69 Å². The van der Waals surface area contributed by atoms with Gasteiger partial charge < -0.3 is 10.8 Å². The minimum Gasteiger partial charge on any atom is -0.396 e. The van der Waals surface area contributed by atoms with Crippen LogP contribution in [0.4, 0.5) is 5.69 Å². The molecule has 82 valence electrons. The molecule has 0 radical (unpaired) electrons. The maximum Gasteiger partial charge on any atom is 0.283 e. The summed E-state index contributed by atoms with van der Waals surface area (Å²) in [5.74, 6) is -0.278. The normalized spacial score (nSPS) is 12.5. The Kier molecular flexibility index (Phi) is 4.19. The number of aliphatic hydroxyl groups is 1. The van der Waals surface area contributed by atoms with E-state index in [1.165, 1.54) is 6.07 Å². The number of benzene rings is 1. The van der Waals surface area contributed by atoms with E-state index in [2.05, 4.69) is 15.9 Å². The molecule has 0 saturated heterocycles. The van der Waals surface area contributed by atoms with Crippen LogP contribution < -0.4 is 5.73 Å². The highest BCUT2D eigenvalue weighted by atomic mass is 79.9. The van der Waals surface area contributed by atoms with Crippen molar-refractivity contribution in [2.75, 3.05) is 13.2 Å². The van der Waals surface area contributed by atoms with Crippen molar-refractivity contribution in [3.63, 3.8) is 0 Å². The smallest absolute Gasteiger partial charge is 0.283 e.